The summed E-state index contributed by atoms with van der Waals surface area (Å²) in [6.45, 7) is 0.557. The number of quaternary nitrogens is 1. The Labute approximate surface area is 69.3 Å². The van der Waals surface area contributed by atoms with Crippen LogP contribution in [0.5, 0.6) is 11.5 Å². The zero-order valence-electron chi connectivity index (χ0n) is 6.55. The van der Waals surface area contributed by atoms with E-state index in [1.54, 1.807) is 0 Å². The molecule has 0 atom stereocenters. The molecule has 0 aliphatic carbocycles. The first-order chi connectivity index (χ1) is 5.66. The number of phenols is 2. The van der Waals surface area contributed by atoms with Crippen molar-refractivity contribution in [3.63, 3.8) is 0 Å². The van der Waals surface area contributed by atoms with Gasteiger partial charge in [-0.15, -0.1) is 0 Å². The van der Waals surface area contributed by atoms with Gasteiger partial charge in [0.05, 0.1) is 6.54 Å². The van der Waals surface area contributed by atoms with Crippen LogP contribution in [0.1, 0.15) is 5.56 Å². The van der Waals surface area contributed by atoms with Gasteiger partial charge >= 0.3 is 0 Å². The van der Waals surface area contributed by atoms with Crippen molar-refractivity contribution in [3.05, 3.63) is 23.5 Å². The van der Waals surface area contributed by atoms with E-state index in [0.29, 0.717) is 18.5 Å². The molecule has 4 heteroatoms. The van der Waals surface area contributed by atoms with E-state index in [0.717, 1.165) is 0 Å². The fourth-order valence-corrected chi connectivity index (χ4v) is 0.980. The molecule has 12 heavy (non-hydrogen) atoms. The summed E-state index contributed by atoms with van der Waals surface area (Å²) in [5.41, 5.74) is 3.94. The molecule has 1 rings (SSSR count). The Morgan fingerprint density at radius 1 is 1.33 bits per heavy atom. The first-order valence-electron chi connectivity index (χ1n) is 3.65. The largest absolute Gasteiger partial charge is 0.504 e. The maximum absolute atomic E-state index is 13.0. The number of aromatic hydroxyl groups is 2. The Morgan fingerprint density at radius 2 is 2.00 bits per heavy atom. The molecule has 1 aromatic rings. The third-order valence-electron chi connectivity index (χ3n) is 1.62. The summed E-state index contributed by atoms with van der Waals surface area (Å²) < 4.78 is 13.0. The van der Waals surface area contributed by atoms with Crippen LogP contribution in [-0.4, -0.2) is 16.8 Å². The van der Waals surface area contributed by atoms with E-state index in [2.05, 4.69) is 5.73 Å². The number of rotatable bonds is 2. The molecule has 0 radical (unpaired) electrons. The van der Waals surface area contributed by atoms with Crippen molar-refractivity contribution < 1.29 is 20.3 Å². The topological polar surface area (TPSA) is 68.1 Å². The molecule has 1 aromatic carbocycles. The lowest BCUT2D eigenvalue weighted by Gasteiger charge is -2.03. The molecular weight excluding hydrogens is 161 g/mol. The molecule has 5 N–H and O–H groups in total. The van der Waals surface area contributed by atoms with Crippen molar-refractivity contribution in [1.82, 2.24) is 0 Å². The van der Waals surface area contributed by atoms with E-state index in [4.69, 9.17) is 10.2 Å². The number of phenolic OH excluding ortho intramolecular Hbond substituents is 2. The van der Waals surface area contributed by atoms with Gasteiger partial charge in [0.25, 0.3) is 0 Å². The summed E-state index contributed by atoms with van der Waals surface area (Å²) in [5.74, 6) is -1.86. The first kappa shape index (κ1) is 8.80. The highest BCUT2D eigenvalue weighted by Gasteiger charge is 2.10. The Morgan fingerprint density at radius 3 is 2.58 bits per heavy atom. The fourth-order valence-electron chi connectivity index (χ4n) is 0.980. The molecule has 0 aliphatic rings. The lowest BCUT2D eigenvalue weighted by atomic mass is 10.1. The second kappa shape index (κ2) is 3.40. The van der Waals surface area contributed by atoms with Gasteiger partial charge in [-0.25, -0.2) is 4.39 Å². The fraction of sp³-hybridized carbons (Fsp3) is 0.250. The van der Waals surface area contributed by atoms with Crippen LogP contribution in [0, 0.1) is 5.82 Å². The quantitative estimate of drug-likeness (QED) is 0.550. The molecule has 0 unspecified atom stereocenters. The average Bonchev–Trinajstić information content (AvgIpc) is 2.07. The predicted molar refractivity (Wildman–Crippen MR) is 41.2 cm³/mol. The van der Waals surface area contributed by atoms with Crippen molar-refractivity contribution in [2.75, 3.05) is 6.54 Å². The Hall–Kier alpha value is -1.29. The molecule has 0 aromatic heterocycles. The van der Waals surface area contributed by atoms with Crippen LogP contribution in [0.2, 0.25) is 0 Å². The van der Waals surface area contributed by atoms with Gasteiger partial charge in [0.15, 0.2) is 17.3 Å². The van der Waals surface area contributed by atoms with Crippen LogP contribution >= 0.6 is 0 Å². The lowest BCUT2D eigenvalue weighted by molar-refractivity contribution is -0.366. The third-order valence-corrected chi connectivity index (χ3v) is 1.62. The number of hydrogen-bond acceptors (Lipinski definition) is 2. The van der Waals surface area contributed by atoms with Crippen LogP contribution in [-0.2, 0) is 6.42 Å². The molecule has 0 amide bonds. The van der Waals surface area contributed by atoms with Gasteiger partial charge < -0.3 is 15.9 Å². The van der Waals surface area contributed by atoms with E-state index in [1.807, 2.05) is 0 Å². The van der Waals surface area contributed by atoms with Crippen LogP contribution in [0.3, 0.4) is 0 Å². The summed E-state index contributed by atoms with van der Waals surface area (Å²) in [7, 11) is 0. The Balaban J connectivity index is 3.08. The summed E-state index contributed by atoms with van der Waals surface area (Å²) in [6, 6.07) is 2.71. The molecular formula is C8H11FNO2+. The standard InChI is InChI=1S/C8H10FNO2/c9-7-5(3-4-10)1-2-6(11)8(7)12/h1-2,11-12H,3-4,10H2/p+1. The number of halogens is 1. The zero-order valence-corrected chi connectivity index (χ0v) is 6.55. The van der Waals surface area contributed by atoms with Gasteiger partial charge in [-0.1, -0.05) is 6.07 Å². The zero-order chi connectivity index (χ0) is 9.14. The molecule has 3 nitrogen and oxygen atoms in total. The third kappa shape index (κ3) is 1.48. The highest BCUT2D eigenvalue weighted by molar-refractivity contribution is 5.42. The molecule has 0 spiro atoms. The van der Waals surface area contributed by atoms with Crippen LogP contribution in [0.15, 0.2) is 12.1 Å². The van der Waals surface area contributed by atoms with E-state index in [9.17, 15) is 4.39 Å². The number of benzene rings is 1. The maximum Gasteiger partial charge on any atom is 0.194 e. The molecule has 0 saturated carbocycles. The van der Waals surface area contributed by atoms with Crippen LogP contribution < -0.4 is 5.73 Å². The molecule has 0 heterocycles. The minimum absolute atomic E-state index is 0.375. The Bertz CT molecular complexity index is 289. The molecule has 0 fully saturated rings. The molecule has 0 aliphatic heterocycles. The summed E-state index contributed by atoms with van der Waals surface area (Å²) >= 11 is 0. The monoisotopic (exact) mass is 172 g/mol. The van der Waals surface area contributed by atoms with Gasteiger partial charge in [0.2, 0.25) is 0 Å². The minimum Gasteiger partial charge on any atom is -0.504 e. The van der Waals surface area contributed by atoms with Gasteiger partial charge in [-0.05, 0) is 11.6 Å². The van der Waals surface area contributed by atoms with Gasteiger partial charge in [0, 0.05) is 6.42 Å². The first-order valence-corrected chi connectivity index (χ1v) is 3.65. The molecule has 0 saturated heterocycles. The molecule has 66 valence electrons. The highest BCUT2D eigenvalue weighted by Crippen LogP contribution is 2.29. The van der Waals surface area contributed by atoms with Crippen molar-refractivity contribution in [2.45, 2.75) is 6.42 Å². The number of hydrogen-bond donors (Lipinski definition) is 3. The average molecular weight is 172 g/mol. The van der Waals surface area contributed by atoms with Gasteiger partial charge in [0.1, 0.15) is 0 Å². The predicted octanol–water partition coefficient (Wildman–Crippen LogP) is 0.0213. The van der Waals surface area contributed by atoms with E-state index in [1.165, 1.54) is 12.1 Å². The van der Waals surface area contributed by atoms with Gasteiger partial charge in [-0.3, -0.25) is 0 Å². The lowest BCUT2D eigenvalue weighted by Crippen LogP contribution is -2.51. The second-order valence-electron chi connectivity index (χ2n) is 2.51. The SMILES string of the molecule is [NH3+]CCc1ccc(O)c(O)c1F. The van der Waals surface area contributed by atoms with Crippen molar-refractivity contribution in [2.24, 2.45) is 0 Å². The van der Waals surface area contributed by atoms with E-state index < -0.39 is 17.3 Å². The Kier molecular flexibility index (Phi) is 2.50. The van der Waals surface area contributed by atoms with Crippen molar-refractivity contribution in [3.8, 4) is 11.5 Å². The summed E-state index contributed by atoms with van der Waals surface area (Å²) in [5, 5.41) is 17.9. The van der Waals surface area contributed by atoms with Crippen molar-refractivity contribution >= 4 is 0 Å². The maximum atomic E-state index is 13.0. The minimum atomic E-state index is -0.751. The molecule has 0 bridgehead atoms. The van der Waals surface area contributed by atoms with E-state index >= 15 is 0 Å². The normalized spacial score (nSPS) is 10.2. The summed E-state index contributed by atoms with van der Waals surface area (Å²) in [4.78, 5) is 0. The highest BCUT2D eigenvalue weighted by atomic mass is 19.1. The van der Waals surface area contributed by atoms with Gasteiger partial charge in [-0.2, -0.15) is 0 Å². The summed E-state index contributed by atoms with van der Waals surface area (Å²) in [6.07, 6.45) is 0.458. The van der Waals surface area contributed by atoms with Crippen LogP contribution in [0.25, 0.3) is 0 Å². The van der Waals surface area contributed by atoms with Crippen molar-refractivity contribution in [1.29, 1.82) is 0 Å². The van der Waals surface area contributed by atoms with Crippen LogP contribution in [0.4, 0.5) is 4.39 Å². The second-order valence-corrected chi connectivity index (χ2v) is 2.51. The van der Waals surface area contributed by atoms with E-state index in [-0.39, 0.29) is 0 Å². The smallest absolute Gasteiger partial charge is 0.194 e.